The lowest BCUT2D eigenvalue weighted by molar-refractivity contribution is 0.575. The normalized spacial score (nSPS) is 19.0. The van der Waals surface area contributed by atoms with Crippen molar-refractivity contribution in [2.45, 2.75) is 58.7 Å². The molecule has 2 aromatic rings. The van der Waals surface area contributed by atoms with Crippen molar-refractivity contribution >= 4 is 11.5 Å². The van der Waals surface area contributed by atoms with Gasteiger partial charge in [0.05, 0.1) is 5.69 Å². The third-order valence-corrected chi connectivity index (χ3v) is 4.41. The van der Waals surface area contributed by atoms with E-state index in [1.54, 1.807) is 0 Å². The molecule has 1 aliphatic heterocycles. The summed E-state index contributed by atoms with van der Waals surface area (Å²) in [6.45, 7) is 8.66. The molecular formula is C17H26N4. The summed E-state index contributed by atoms with van der Waals surface area (Å²) in [6, 6.07) is 7.37. The van der Waals surface area contributed by atoms with Crippen molar-refractivity contribution in [1.82, 2.24) is 14.7 Å². The molecule has 0 saturated carbocycles. The second kappa shape index (κ2) is 6.06. The Morgan fingerprint density at radius 2 is 2.24 bits per heavy atom. The Morgan fingerprint density at radius 1 is 1.38 bits per heavy atom. The summed E-state index contributed by atoms with van der Waals surface area (Å²) in [6.07, 6.45) is 5.90. The van der Waals surface area contributed by atoms with Crippen LogP contribution in [0.5, 0.6) is 0 Å². The molecule has 21 heavy (non-hydrogen) atoms. The fourth-order valence-electron chi connectivity index (χ4n) is 3.27. The molecule has 0 amide bonds. The smallest absolute Gasteiger partial charge is 0.152 e. The van der Waals surface area contributed by atoms with Crippen LogP contribution in [-0.4, -0.2) is 28.0 Å². The monoisotopic (exact) mass is 286 g/mol. The minimum Gasteiger partial charge on any atom is -0.352 e. The first-order valence-corrected chi connectivity index (χ1v) is 8.16. The average Bonchev–Trinajstić information content (AvgIpc) is 3.08. The van der Waals surface area contributed by atoms with E-state index in [0.29, 0.717) is 12.1 Å². The van der Waals surface area contributed by atoms with Crippen LogP contribution in [0.25, 0.3) is 5.65 Å². The lowest BCUT2D eigenvalue weighted by Crippen LogP contribution is -2.31. The summed E-state index contributed by atoms with van der Waals surface area (Å²) in [5.74, 6) is 1.18. The Hall–Kier alpha value is -1.55. The van der Waals surface area contributed by atoms with E-state index in [4.69, 9.17) is 4.98 Å². The third kappa shape index (κ3) is 2.77. The number of rotatable bonds is 5. The number of pyridine rings is 1. The molecule has 3 heterocycles. The van der Waals surface area contributed by atoms with Crippen molar-refractivity contribution in [2.24, 2.45) is 0 Å². The maximum Gasteiger partial charge on any atom is 0.152 e. The highest BCUT2D eigenvalue weighted by molar-refractivity contribution is 5.57. The standard InChI is InChI=1S/C17H26N4/c1-4-14-8-7-11-20(14)17-15(12-18-13(2)3)21-10-6-5-9-16(21)19-17/h5-6,9-10,13-14,18H,4,7-8,11-12H2,1-3H3. The maximum absolute atomic E-state index is 4.92. The van der Waals surface area contributed by atoms with Gasteiger partial charge in [0.1, 0.15) is 5.65 Å². The van der Waals surface area contributed by atoms with Crippen LogP contribution < -0.4 is 10.2 Å². The van der Waals surface area contributed by atoms with Gasteiger partial charge in [-0.3, -0.25) is 0 Å². The summed E-state index contributed by atoms with van der Waals surface area (Å²) < 4.78 is 2.23. The molecule has 1 fully saturated rings. The molecule has 2 aromatic heterocycles. The molecule has 1 unspecified atom stereocenters. The molecule has 1 atom stereocenters. The van der Waals surface area contributed by atoms with Crippen molar-refractivity contribution in [3.63, 3.8) is 0 Å². The quantitative estimate of drug-likeness (QED) is 0.916. The highest BCUT2D eigenvalue weighted by Gasteiger charge is 2.27. The van der Waals surface area contributed by atoms with Gasteiger partial charge in [0.2, 0.25) is 0 Å². The number of fused-ring (bicyclic) bond motifs is 1. The first-order valence-electron chi connectivity index (χ1n) is 8.16. The first kappa shape index (κ1) is 14.4. The summed E-state index contributed by atoms with van der Waals surface area (Å²) >= 11 is 0. The molecule has 114 valence electrons. The Morgan fingerprint density at radius 3 is 3.00 bits per heavy atom. The molecule has 0 radical (unpaired) electrons. The summed E-state index contributed by atoms with van der Waals surface area (Å²) in [5, 5.41) is 3.55. The van der Waals surface area contributed by atoms with Gasteiger partial charge in [0.25, 0.3) is 0 Å². The van der Waals surface area contributed by atoms with Crippen LogP contribution in [0, 0.1) is 0 Å². The summed E-state index contributed by atoms with van der Waals surface area (Å²) in [7, 11) is 0. The van der Waals surface area contributed by atoms with E-state index in [-0.39, 0.29) is 0 Å². The molecule has 0 spiro atoms. The number of aromatic nitrogens is 2. The average molecular weight is 286 g/mol. The second-order valence-corrected chi connectivity index (χ2v) is 6.24. The molecule has 0 bridgehead atoms. The van der Waals surface area contributed by atoms with Gasteiger partial charge < -0.3 is 14.6 Å². The number of hydrogen-bond donors (Lipinski definition) is 1. The molecule has 4 nitrogen and oxygen atoms in total. The lowest BCUT2D eigenvalue weighted by atomic mass is 10.1. The zero-order chi connectivity index (χ0) is 14.8. The summed E-state index contributed by atoms with van der Waals surface area (Å²) in [4.78, 5) is 7.44. The maximum atomic E-state index is 4.92. The van der Waals surface area contributed by atoms with Crippen molar-refractivity contribution in [3.8, 4) is 0 Å². The summed E-state index contributed by atoms with van der Waals surface area (Å²) in [5.41, 5.74) is 2.34. The van der Waals surface area contributed by atoms with Crippen molar-refractivity contribution in [1.29, 1.82) is 0 Å². The van der Waals surface area contributed by atoms with E-state index < -0.39 is 0 Å². The van der Waals surface area contributed by atoms with Crippen LogP contribution in [0.3, 0.4) is 0 Å². The zero-order valence-corrected chi connectivity index (χ0v) is 13.3. The van der Waals surface area contributed by atoms with Gasteiger partial charge in [0.15, 0.2) is 5.82 Å². The minimum absolute atomic E-state index is 0.479. The number of imidazole rings is 1. The highest BCUT2D eigenvalue weighted by atomic mass is 15.3. The second-order valence-electron chi connectivity index (χ2n) is 6.24. The molecule has 1 N–H and O–H groups in total. The molecule has 4 heteroatoms. The van der Waals surface area contributed by atoms with Crippen LogP contribution in [-0.2, 0) is 6.54 Å². The fraction of sp³-hybridized carbons (Fsp3) is 0.588. The van der Waals surface area contributed by atoms with Gasteiger partial charge >= 0.3 is 0 Å². The van der Waals surface area contributed by atoms with Crippen LogP contribution >= 0.6 is 0 Å². The van der Waals surface area contributed by atoms with Gasteiger partial charge in [-0.2, -0.15) is 0 Å². The van der Waals surface area contributed by atoms with Crippen LogP contribution in [0.2, 0.25) is 0 Å². The Labute approximate surface area is 127 Å². The van der Waals surface area contributed by atoms with E-state index in [9.17, 15) is 0 Å². The van der Waals surface area contributed by atoms with Gasteiger partial charge in [-0.25, -0.2) is 4.98 Å². The number of anilines is 1. The van der Waals surface area contributed by atoms with Gasteiger partial charge in [-0.1, -0.05) is 26.8 Å². The zero-order valence-electron chi connectivity index (χ0n) is 13.3. The Balaban J connectivity index is 2.01. The fourth-order valence-corrected chi connectivity index (χ4v) is 3.27. The predicted molar refractivity (Wildman–Crippen MR) is 87.8 cm³/mol. The van der Waals surface area contributed by atoms with Gasteiger partial charge in [0, 0.05) is 31.4 Å². The first-order chi connectivity index (χ1) is 10.2. The Bertz CT molecular complexity index is 602. The molecule has 3 rings (SSSR count). The predicted octanol–water partition coefficient (Wildman–Crippen LogP) is 3.21. The molecule has 0 aromatic carbocycles. The molecular weight excluding hydrogens is 260 g/mol. The van der Waals surface area contributed by atoms with Crippen molar-refractivity contribution < 1.29 is 0 Å². The van der Waals surface area contributed by atoms with Gasteiger partial charge in [-0.15, -0.1) is 0 Å². The van der Waals surface area contributed by atoms with E-state index in [0.717, 1.165) is 18.7 Å². The van der Waals surface area contributed by atoms with E-state index in [2.05, 4.69) is 59.8 Å². The van der Waals surface area contributed by atoms with Crippen LogP contribution in [0.15, 0.2) is 24.4 Å². The van der Waals surface area contributed by atoms with Crippen LogP contribution in [0.1, 0.15) is 45.7 Å². The number of nitrogens with zero attached hydrogens (tertiary/aromatic N) is 3. The van der Waals surface area contributed by atoms with Crippen LogP contribution in [0.4, 0.5) is 5.82 Å². The van der Waals surface area contributed by atoms with Gasteiger partial charge in [-0.05, 0) is 31.4 Å². The number of nitrogens with one attached hydrogen (secondary N) is 1. The topological polar surface area (TPSA) is 32.6 Å². The molecule has 0 aliphatic carbocycles. The molecule has 1 aliphatic rings. The lowest BCUT2D eigenvalue weighted by Gasteiger charge is -2.25. The third-order valence-electron chi connectivity index (χ3n) is 4.41. The van der Waals surface area contributed by atoms with Crippen molar-refractivity contribution in [2.75, 3.05) is 11.4 Å². The largest absolute Gasteiger partial charge is 0.352 e. The minimum atomic E-state index is 0.479. The molecule has 1 saturated heterocycles. The highest BCUT2D eigenvalue weighted by Crippen LogP contribution is 2.30. The Kier molecular flexibility index (Phi) is 4.15. The van der Waals surface area contributed by atoms with E-state index in [1.807, 2.05) is 0 Å². The SMILES string of the molecule is CCC1CCCN1c1nc2ccccn2c1CNC(C)C. The van der Waals surface area contributed by atoms with E-state index >= 15 is 0 Å². The van der Waals surface area contributed by atoms with E-state index in [1.165, 1.54) is 30.8 Å². The van der Waals surface area contributed by atoms with Crippen molar-refractivity contribution in [3.05, 3.63) is 30.1 Å². The number of hydrogen-bond acceptors (Lipinski definition) is 3.